The predicted octanol–water partition coefficient (Wildman–Crippen LogP) is 5.13. The first kappa shape index (κ1) is 14.9. The van der Waals surface area contributed by atoms with Gasteiger partial charge in [0.15, 0.2) is 0 Å². The Hall–Kier alpha value is -0.530. The van der Waals surface area contributed by atoms with E-state index in [1.165, 1.54) is 43.2 Å². The highest BCUT2D eigenvalue weighted by Gasteiger charge is 2.18. The van der Waals surface area contributed by atoms with Crippen molar-refractivity contribution in [3.05, 3.63) is 35.4 Å². The molecule has 1 aromatic carbocycles. The minimum absolute atomic E-state index is 0.180. The fraction of sp³-hybridized carbons (Fsp3) is 0.647. The molecule has 0 heterocycles. The summed E-state index contributed by atoms with van der Waals surface area (Å²) in [6.45, 7) is 0.783. The second-order valence-corrected chi connectivity index (χ2v) is 6.22. The number of halogens is 1. The highest BCUT2D eigenvalue weighted by molar-refractivity contribution is 6.20. The Morgan fingerprint density at radius 1 is 1.16 bits per heavy atom. The Labute approximate surface area is 122 Å². The lowest BCUT2D eigenvalue weighted by atomic mass is 9.85. The van der Waals surface area contributed by atoms with Crippen LogP contribution in [0.3, 0.4) is 0 Å². The van der Waals surface area contributed by atoms with Crippen LogP contribution < -0.4 is 0 Å². The van der Waals surface area contributed by atoms with Crippen LogP contribution in [0.1, 0.15) is 55.0 Å². The Kier molecular flexibility index (Phi) is 6.19. The molecule has 1 aromatic rings. The van der Waals surface area contributed by atoms with Gasteiger partial charge in [-0.15, -0.1) is 11.6 Å². The molecule has 0 bridgehead atoms. The summed E-state index contributed by atoms with van der Waals surface area (Å²) < 4.78 is 5.10. The van der Waals surface area contributed by atoms with Gasteiger partial charge in [0.25, 0.3) is 0 Å². The van der Waals surface area contributed by atoms with E-state index in [-0.39, 0.29) is 5.38 Å². The molecule has 1 fully saturated rings. The van der Waals surface area contributed by atoms with Crippen LogP contribution in [0.25, 0.3) is 0 Å². The van der Waals surface area contributed by atoms with E-state index in [0.717, 1.165) is 25.4 Å². The van der Waals surface area contributed by atoms with Crippen LogP contribution in [0, 0.1) is 5.92 Å². The second-order valence-electron chi connectivity index (χ2n) is 5.69. The third-order valence-corrected chi connectivity index (χ3v) is 4.63. The van der Waals surface area contributed by atoms with Crippen LogP contribution in [0.15, 0.2) is 24.3 Å². The van der Waals surface area contributed by atoms with E-state index >= 15 is 0 Å². The van der Waals surface area contributed by atoms with Gasteiger partial charge < -0.3 is 4.74 Å². The lowest BCUT2D eigenvalue weighted by Gasteiger charge is -2.23. The molecule has 1 saturated carbocycles. The van der Waals surface area contributed by atoms with E-state index in [9.17, 15) is 0 Å². The highest BCUT2D eigenvalue weighted by atomic mass is 35.5. The number of rotatable bonds is 6. The van der Waals surface area contributed by atoms with Crippen molar-refractivity contribution < 1.29 is 4.74 Å². The predicted molar refractivity (Wildman–Crippen MR) is 81.8 cm³/mol. The van der Waals surface area contributed by atoms with E-state index in [4.69, 9.17) is 16.3 Å². The molecule has 2 heteroatoms. The maximum Gasteiger partial charge on any atom is 0.0587 e. The second kappa shape index (κ2) is 7.91. The standard InChI is InChI=1S/C17H25ClO/c1-19-12-11-14-7-9-16(10-8-14)17(18)13-15-5-3-2-4-6-15/h7-10,15,17H,2-6,11-13H2,1H3. The van der Waals surface area contributed by atoms with Crippen LogP contribution in [-0.4, -0.2) is 13.7 Å². The lowest BCUT2D eigenvalue weighted by molar-refractivity contribution is 0.202. The van der Waals surface area contributed by atoms with Crippen LogP contribution in [0.5, 0.6) is 0 Å². The Bertz CT molecular complexity index is 354. The molecule has 1 aliphatic carbocycles. The van der Waals surface area contributed by atoms with Crippen molar-refractivity contribution in [1.82, 2.24) is 0 Å². The molecule has 2 rings (SSSR count). The third kappa shape index (κ3) is 4.81. The van der Waals surface area contributed by atoms with Crippen molar-refractivity contribution >= 4 is 11.6 Å². The van der Waals surface area contributed by atoms with Gasteiger partial charge in [0, 0.05) is 7.11 Å². The van der Waals surface area contributed by atoms with Gasteiger partial charge in [0.1, 0.15) is 0 Å². The van der Waals surface area contributed by atoms with Crippen molar-refractivity contribution in [3.63, 3.8) is 0 Å². The van der Waals surface area contributed by atoms with Crippen molar-refractivity contribution in [3.8, 4) is 0 Å². The smallest absolute Gasteiger partial charge is 0.0587 e. The summed E-state index contributed by atoms with van der Waals surface area (Å²) in [7, 11) is 1.74. The van der Waals surface area contributed by atoms with E-state index in [2.05, 4.69) is 24.3 Å². The molecule has 0 spiro atoms. The monoisotopic (exact) mass is 280 g/mol. The van der Waals surface area contributed by atoms with Gasteiger partial charge in [-0.05, 0) is 29.9 Å². The summed E-state index contributed by atoms with van der Waals surface area (Å²) in [4.78, 5) is 0. The Balaban J connectivity index is 1.85. The van der Waals surface area contributed by atoms with E-state index < -0.39 is 0 Å². The summed E-state index contributed by atoms with van der Waals surface area (Å²) in [5.41, 5.74) is 2.60. The summed E-state index contributed by atoms with van der Waals surface area (Å²) in [6, 6.07) is 8.74. The molecule has 1 nitrogen and oxygen atoms in total. The minimum Gasteiger partial charge on any atom is -0.384 e. The molecule has 0 aromatic heterocycles. The molecule has 1 unspecified atom stereocenters. The maximum absolute atomic E-state index is 6.57. The van der Waals surface area contributed by atoms with Gasteiger partial charge in [-0.25, -0.2) is 0 Å². The number of alkyl halides is 1. The van der Waals surface area contributed by atoms with Gasteiger partial charge in [-0.1, -0.05) is 56.4 Å². The molecular formula is C17H25ClO. The van der Waals surface area contributed by atoms with Gasteiger partial charge >= 0.3 is 0 Å². The lowest BCUT2D eigenvalue weighted by Crippen LogP contribution is -2.08. The van der Waals surface area contributed by atoms with Crippen LogP contribution in [0.2, 0.25) is 0 Å². The largest absolute Gasteiger partial charge is 0.384 e. The molecule has 1 atom stereocenters. The normalized spacial score (nSPS) is 18.4. The third-order valence-electron chi connectivity index (χ3n) is 4.20. The molecule has 0 N–H and O–H groups in total. The molecule has 106 valence electrons. The first-order valence-corrected chi connectivity index (χ1v) is 7.95. The number of ether oxygens (including phenoxy) is 1. The number of hydrogen-bond donors (Lipinski definition) is 0. The summed E-state index contributed by atoms with van der Waals surface area (Å²) in [6.07, 6.45) is 9.06. The molecule has 1 aliphatic rings. The van der Waals surface area contributed by atoms with Gasteiger partial charge in [-0.2, -0.15) is 0 Å². The molecular weight excluding hydrogens is 256 g/mol. The molecule has 0 amide bonds. The van der Waals surface area contributed by atoms with Crippen LogP contribution in [-0.2, 0) is 11.2 Å². The zero-order valence-corrected chi connectivity index (χ0v) is 12.7. The van der Waals surface area contributed by atoms with Gasteiger partial charge in [0.2, 0.25) is 0 Å². The van der Waals surface area contributed by atoms with Crippen molar-refractivity contribution in [2.24, 2.45) is 5.92 Å². The van der Waals surface area contributed by atoms with Crippen LogP contribution >= 0.6 is 11.6 Å². The van der Waals surface area contributed by atoms with E-state index in [1.807, 2.05) is 0 Å². The summed E-state index contributed by atoms with van der Waals surface area (Å²) in [5, 5.41) is 0.180. The minimum atomic E-state index is 0.180. The Morgan fingerprint density at radius 3 is 2.47 bits per heavy atom. The fourth-order valence-corrected chi connectivity index (χ4v) is 3.36. The quantitative estimate of drug-likeness (QED) is 0.657. The SMILES string of the molecule is COCCc1ccc(C(Cl)CC2CCCCC2)cc1. The summed E-state index contributed by atoms with van der Waals surface area (Å²) >= 11 is 6.57. The van der Waals surface area contributed by atoms with Crippen LogP contribution in [0.4, 0.5) is 0 Å². The van der Waals surface area contributed by atoms with E-state index in [0.29, 0.717) is 0 Å². The average Bonchev–Trinajstić information content (AvgIpc) is 2.46. The van der Waals surface area contributed by atoms with Crippen molar-refractivity contribution in [2.45, 2.75) is 50.3 Å². The first-order valence-electron chi connectivity index (χ1n) is 7.51. The van der Waals surface area contributed by atoms with Gasteiger partial charge in [0.05, 0.1) is 12.0 Å². The number of benzene rings is 1. The molecule has 19 heavy (non-hydrogen) atoms. The number of hydrogen-bond acceptors (Lipinski definition) is 1. The fourth-order valence-electron chi connectivity index (χ4n) is 2.96. The van der Waals surface area contributed by atoms with Gasteiger partial charge in [-0.3, -0.25) is 0 Å². The molecule has 0 saturated heterocycles. The first-order chi connectivity index (χ1) is 9.29. The maximum atomic E-state index is 6.57. The average molecular weight is 281 g/mol. The van der Waals surface area contributed by atoms with E-state index in [1.54, 1.807) is 7.11 Å². The van der Waals surface area contributed by atoms with Crippen molar-refractivity contribution in [1.29, 1.82) is 0 Å². The Morgan fingerprint density at radius 2 is 1.84 bits per heavy atom. The summed E-state index contributed by atoms with van der Waals surface area (Å²) in [5.74, 6) is 0.837. The topological polar surface area (TPSA) is 9.23 Å². The highest BCUT2D eigenvalue weighted by Crippen LogP contribution is 2.35. The zero-order valence-electron chi connectivity index (χ0n) is 11.9. The number of methoxy groups -OCH3 is 1. The molecule has 0 radical (unpaired) electrons. The van der Waals surface area contributed by atoms with Crippen molar-refractivity contribution in [2.75, 3.05) is 13.7 Å². The molecule has 0 aliphatic heterocycles. The zero-order chi connectivity index (χ0) is 13.5.